The van der Waals surface area contributed by atoms with Gasteiger partial charge in [0.05, 0.1) is 36.1 Å². The molecule has 8 nitrogen and oxygen atoms in total. The van der Waals surface area contributed by atoms with Gasteiger partial charge in [-0.1, -0.05) is 0 Å². The average molecular weight is 391 g/mol. The number of phenols is 1. The number of hydrogen-bond acceptors (Lipinski definition) is 7. The van der Waals surface area contributed by atoms with Gasteiger partial charge in [-0.2, -0.15) is 10.4 Å². The third-order valence-electron chi connectivity index (χ3n) is 4.16. The minimum atomic E-state index is -0.879. The summed E-state index contributed by atoms with van der Waals surface area (Å²) in [7, 11) is 1.45. The number of rotatable bonds is 6. The molecule has 1 heterocycles. The molecule has 0 spiro atoms. The Morgan fingerprint density at radius 2 is 1.86 bits per heavy atom. The van der Waals surface area contributed by atoms with E-state index in [9.17, 15) is 14.7 Å². The molecule has 0 saturated heterocycles. The van der Waals surface area contributed by atoms with E-state index in [1.165, 1.54) is 37.7 Å². The van der Waals surface area contributed by atoms with Gasteiger partial charge in [0.1, 0.15) is 17.2 Å². The zero-order chi connectivity index (χ0) is 21.0. The van der Waals surface area contributed by atoms with E-state index in [0.29, 0.717) is 17.1 Å². The van der Waals surface area contributed by atoms with Gasteiger partial charge in [-0.15, -0.1) is 0 Å². The van der Waals surface area contributed by atoms with Crippen molar-refractivity contribution < 1.29 is 24.2 Å². The predicted molar refractivity (Wildman–Crippen MR) is 102 cm³/mol. The van der Waals surface area contributed by atoms with Crippen LogP contribution in [0, 0.1) is 11.3 Å². The number of aromatic hydroxyl groups is 1. The van der Waals surface area contributed by atoms with Crippen molar-refractivity contribution in [2.45, 2.75) is 13.0 Å². The molecule has 0 saturated carbocycles. The fourth-order valence-electron chi connectivity index (χ4n) is 2.59. The van der Waals surface area contributed by atoms with Crippen molar-refractivity contribution in [2.24, 2.45) is 0 Å². The summed E-state index contributed by atoms with van der Waals surface area (Å²) in [6, 6.07) is 12.6. The lowest BCUT2D eigenvalue weighted by atomic mass is 10.1. The Balaban J connectivity index is 1.75. The molecule has 29 heavy (non-hydrogen) atoms. The summed E-state index contributed by atoms with van der Waals surface area (Å²) in [6.07, 6.45) is 1.64. The molecule has 0 aliphatic rings. The van der Waals surface area contributed by atoms with E-state index < -0.39 is 17.8 Å². The quantitative estimate of drug-likeness (QED) is 0.643. The smallest absolute Gasteiger partial charge is 0.287 e. The van der Waals surface area contributed by atoms with E-state index in [1.54, 1.807) is 31.2 Å². The SMILES string of the molecule is COc1ccc(O)c(C(=O)c2cnn(C(=O)[C@@H](C)Oc3ccc(C#N)cc3)c2)c1. The molecule has 8 heteroatoms. The van der Waals surface area contributed by atoms with Crippen LogP contribution in [0.1, 0.15) is 33.2 Å². The Hall–Kier alpha value is -4.12. The molecule has 3 aromatic rings. The van der Waals surface area contributed by atoms with Crippen LogP contribution in [-0.2, 0) is 0 Å². The maximum absolute atomic E-state index is 12.7. The molecule has 0 amide bonds. The second-order valence-electron chi connectivity index (χ2n) is 6.12. The molecule has 0 radical (unpaired) electrons. The summed E-state index contributed by atoms with van der Waals surface area (Å²) in [6.45, 7) is 1.55. The van der Waals surface area contributed by atoms with Gasteiger partial charge in [0.25, 0.3) is 5.91 Å². The van der Waals surface area contributed by atoms with Gasteiger partial charge in [-0.3, -0.25) is 9.59 Å². The van der Waals surface area contributed by atoms with E-state index in [4.69, 9.17) is 14.7 Å². The van der Waals surface area contributed by atoms with Crippen LogP contribution in [0.25, 0.3) is 0 Å². The van der Waals surface area contributed by atoms with Gasteiger partial charge in [0.2, 0.25) is 0 Å². The Labute approximate surface area is 166 Å². The number of carbonyl (C=O) groups is 2. The number of nitrogens with zero attached hydrogens (tertiary/aromatic N) is 3. The van der Waals surface area contributed by atoms with Crippen LogP contribution in [0.4, 0.5) is 0 Å². The Morgan fingerprint density at radius 3 is 2.52 bits per heavy atom. The lowest BCUT2D eigenvalue weighted by Gasteiger charge is -2.13. The predicted octanol–water partition coefficient (Wildman–Crippen LogP) is 2.81. The topological polar surface area (TPSA) is 114 Å². The Bertz CT molecular complexity index is 1100. The maximum atomic E-state index is 12.7. The molecule has 0 bridgehead atoms. The Morgan fingerprint density at radius 1 is 1.17 bits per heavy atom. The van der Waals surface area contributed by atoms with Gasteiger partial charge in [-0.25, -0.2) is 4.68 Å². The van der Waals surface area contributed by atoms with Crippen LogP contribution in [0.2, 0.25) is 0 Å². The van der Waals surface area contributed by atoms with E-state index in [2.05, 4.69) is 5.10 Å². The number of methoxy groups -OCH3 is 1. The summed E-state index contributed by atoms with van der Waals surface area (Å²) in [4.78, 5) is 25.2. The first-order chi connectivity index (χ1) is 13.9. The summed E-state index contributed by atoms with van der Waals surface area (Å²) in [5.74, 6) is -0.342. The van der Waals surface area contributed by atoms with E-state index in [-0.39, 0.29) is 16.9 Å². The molecule has 0 fully saturated rings. The first-order valence-electron chi connectivity index (χ1n) is 8.60. The summed E-state index contributed by atoms with van der Waals surface area (Å²) in [5.41, 5.74) is 0.651. The van der Waals surface area contributed by atoms with Crippen molar-refractivity contribution in [3.8, 4) is 23.3 Å². The second-order valence-corrected chi connectivity index (χ2v) is 6.12. The minimum Gasteiger partial charge on any atom is -0.507 e. The van der Waals surface area contributed by atoms with Crippen molar-refractivity contribution in [3.05, 3.63) is 71.5 Å². The minimum absolute atomic E-state index is 0.0400. The van der Waals surface area contributed by atoms with Crippen molar-refractivity contribution in [3.63, 3.8) is 0 Å². The highest BCUT2D eigenvalue weighted by Gasteiger charge is 2.21. The van der Waals surface area contributed by atoms with Crippen molar-refractivity contribution in [2.75, 3.05) is 7.11 Å². The second kappa shape index (κ2) is 8.27. The standard InChI is InChI=1S/C21H17N3O5/c1-13(29-16-5-3-14(10-22)4-6-16)21(27)24-12-15(11-23-24)20(26)18-9-17(28-2)7-8-19(18)25/h3-9,11-13,25H,1-2H3/t13-/m1/s1. The monoisotopic (exact) mass is 391 g/mol. The van der Waals surface area contributed by atoms with Crippen LogP contribution >= 0.6 is 0 Å². The van der Waals surface area contributed by atoms with Crippen LogP contribution in [0.3, 0.4) is 0 Å². The number of phenolic OH excluding ortho intramolecular Hbond substituents is 1. The number of hydrogen-bond donors (Lipinski definition) is 1. The first kappa shape index (κ1) is 19.6. The molecule has 0 aliphatic carbocycles. The molecule has 1 N–H and O–H groups in total. The first-order valence-corrected chi connectivity index (χ1v) is 8.60. The zero-order valence-corrected chi connectivity index (χ0v) is 15.7. The molecule has 1 aromatic heterocycles. The van der Waals surface area contributed by atoms with Crippen molar-refractivity contribution in [1.29, 1.82) is 5.26 Å². The fraction of sp³-hybridized carbons (Fsp3) is 0.143. The number of ketones is 1. The molecule has 0 aliphatic heterocycles. The normalized spacial score (nSPS) is 11.3. The van der Waals surface area contributed by atoms with Gasteiger partial charge >= 0.3 is 0 Å². The highest BCUT2D eigenvalue weighted by atomic mass is 16.5. The highest BCUT2D eigenvalue weighted by Crippen LogP contribution is 2.25. The number of benzene rings is 2. The van der Waals surface area contributed by atoms with Crippen LogP contribution in [0.5, 0.6) is 17.2 Å². The molecular formula is C21H17N3O5. The molecule has 3 rings (SSSR count). The van der Waals surface area contributed by atoms with Gasteiger partial charge in [-0.05, 0) is 49.4 Å². The van der Waals surface area contributed by atoms with Gasteiger partial charge in [0.15, 0.2) is 11.9 Å². The van der Waals surface area contributed by atoms with Crippen molar-refractivity contribution in [1.82, 2.24) is 9.78 Å². The van der Waals surface area contributed by atoms with Crippen LogP contribution in [0.15, 0.2) is 54.9 Å². The van der Waals surface area contributed by atoms with Gasteiger partial charge < -0.3 is 14.6 Å². The molecule has 2 aromatic carbocycles. The maximum Gasteiger partial charge on any atom is 0.287 e. The van der Waals surface area contributed by atoms with E-state index >= 15 is 0 Å². The summed E-state index contributed by atoms with van der Waals surface area (Å²) in [5, 5.41) is 22.7. The largest absolute Gasteiger partial charge is 0.507 e. The third kappa shape index (κ3) is 4.25. The lowest BCUT2D eigenvalue weighted by molar-refractivity contribution is 0.0710. The number of nitriles is 1. The molecule has 0 unspecified atom stereocenters. The Kier molecular flexibility index (Phi) is 5.60. The lowest BCUT2D eigenvalue weighted by Crippen LogP contribution is -2.29. The zero-order valence-electron chi connectivity index (χ0n) is 15.7. The van der Waals surface area contributed by atoms with Crippen LogP contribution in [-0.4, -0.2) is 39.8 Å². The molecular weight excluding hydrogens is 374 g/mol. The van der Waals surface area contributed by atoms with Crippen LogP contribution < -0.4 is 9.47 Å². The van der Waals surface area contributed by atoms with Gasteiger partial charge in [0, 0.05) is 6.20 Å². The van der Waals surface area contributed by atoms with Crippen molar-refractivity contribution >= 4 is 11.7 Å². The van der Waals surface area contributed by atoms with E-state index in [0.717, 1.165) is 4.68 Å². The summed E-state index contributed by atoms with van der Waals surface area (Å²) >= 11 is 0. The summed E-state index contributed by atoms with van der Waals surface area (Å²) < 4.78 is 11.7. The molecule has 1 atom stereocenters. The number of ether oxygens (including phenoxy) is 2. The highest BCUT2D eigenvalue weighted by molar-refractivity contribution is 6.10. The average Bonchev–Trinajstić information content (AvgIpc) is 3.23. The fourth-order valence-corrected chi connectivity index (χ4v) is 2.59. The van der Waals surface area contributed by atoms with E-state index in [1.807, 2.05) is 6.07 Å². The number of aromatic nitrogens is 2. The molecule has 146 valence electrons. The number of carbonyl (C=O) groups excluding carboxylic acids is 2. The third-order valence-corrected chi connectivity index (χ3v) is 4.16.